The predicted octanol–water partition coefficient (Wildman–Crippen LogP) is 8.08. The van der Waals surface area contributed by atoms with E-state index < -0.39 is 11.8 Å². The van der Waals surface area contributed by atoms with E-state index in [1.54, 1.807) is 19.3 Å². The van der Waals surface area contributed by atoms with Crippen LogP contribution in [0.1, 0.15) is 56.2 Å². The molecule has 0 radical (unpaired) electrons. The van der Waals surface area contributed by atoms with E-state index in [9.17, 15) is 4.79 Å². The SMILES string of the molecule is COc1cc(COC2CN(OC(=O)OC(C)(C)C)CCC2c2ccc(OCCCOCc3ccccc3)cc2)c(OC)c2ccccc12. The number of hydrogen-bond acceptors (Lipinski definition) is 9. The average molecular weight is 658 g/mol. The number of ether oxygens (including phenoxy) is 6. The van der Waals surface area contributed by atoms with Crippen molar-refractivity contribution >= 4 is 16.9 Å². The van der Waals surface area contributed by atoms with Crippen molar-refractivity contribution in [3.63, 3.8) is 0 Å². The minimum Gasteiger partial charge on any atom is -0.496 e. The van der Waals surface area contributed by atoms with Crippen LogP contribution in [0.15, 0.2) is 84.9 Å². The molecule has 0 aliphatic carbocycles. The van der Waals surface area contributed by atoms with E-state index in [-0.39, 0.29) is 18.6 Å². The molecule has 0 saturated carbocycles. The van der Waals surface area contributed by atoms with Crippen LogP contribution in [0.2, 0.25) is 0 Å². The molecule has 0 amide bonds. The zero-order valence-electron chi connectivity index (χ0n) is 28.6. The van der Waals surface area contributed by atoms with E-state index in [2.05, 4.69) is 24.3 Å². The van der Waals surface area contributed by atoms with Crippen molar-refractivity contribution in [2.24, 2.45) is 0 Å². The van der Waals surface area contributed by atoms with Crippen LogP contribution in [0.25, 0.3) is 10.8 Å². The average Bonchev–Trinajstić information content (AvgIpc) is 3.08. The molecule has 2 unspecified atom stereocenters. The Morgan fingerprint density at radius 3 is 2.29 bits per heavy atom. The molecule has 2 atom stereocenters. The smallest absolute Gasteiger partial charge is 0.496 e. The van der Waals surface area contributed by atoms with Gasteiger partial charge in [-0.1, -0.05) is 66.7 Å². The Hall–Kier alpha value is -4.31. The molecule has 4 aromatic carbocycles. The summed E-state index contributed by atoms with van der Waals surface area (Å²) in [5, 5.41) is 3.55. The topological polar surface area (TPSA) is 84.9 Å². The van der Waals surface area contributed by atoms with Gasteiger partial charge in [0.15, 0.2) is 0 Å². The highest BCUT2D eigenvalue weighted by Crippen LogP contribution is 2.38. The summed E-state index contributed by atoms with van der Waals surface area (Å²) in [5.41, 5.74) is 2.50. The van der Waals surface area contributed by atoms with Gasteiger partial charge in [-0.2, -0.15) is 0 Å². The molecule has 0 aromatic heterocycles. The van der Waals surface area contributed by atoms with Crippen LogP contribution in [-0.4, -0.2) is 63.4 Å². The summed E-state index contributed by atoms with van der Waals surface area (Å²) in [6, 6.07) is 28.3. The van der Waals surface area contributed by atoms with E-state index in [4.69, 9.17) is 33.3 Å². The Kier molecular flexibility index (Phi) is 12.2. The fourth-order valence-electron chi connectivity index (χ4n) is 5.91. The van der Waals surface area contributed by atoms with E-state index >= 15 is 0 Å². The Morgan fingerprint density at radius 2 is 1.58 bits per heavy atom. The quantitative estimate of drug-likeness (QED) is 0.0987. The van der Waals surface area contributed by atoms with Crippen molar-refractivity contribution in [1.82, 2.24) is 5.06 Å². The molecule has 1 fully saturated rings. The standard InChI is InChI=1S/C39H47NO8/c1-39(2,3)47-38(41)48-40-21-20-32(29-16-18-31(19-17-29)45-23-11-22-44-26-28-12-7-6-8-13-28)36(25-40)46-27-30-24-35(42-4)33-14-9-10-15-34(33)37(30)43-5/h6-10,12-19,24,32,36H,11,20-23,25-27H2,1-5H3. The van der Waals surface area contributed by atoms with Gasteiger partial charge >= 0.3 is 6.16 Å². The van der Waals surface area contributed by atoms with Crippen molar-refractivity contribution in [3.05, 3.63) is 102 Å². The molecule has 9 heteroatoms. The Bertz CT molecular complexity index is 1600. The van der Waals surface area contributed by atoms with Crippen molar-refractivity contribution in [2.45, 2.75) is 64.4 Å². The summed E-state index contributed by atoms with van der Waals surface area (Å²) >= 11 is 0. The van der Waals surface area contributed by atoms with Crippen LogP contribution in [0, 0.1) is 0 Å². The first-order valence-corrected chi connectivity index (χ1v) is 16.5. The first kappa shape index (κ1) is 35.0. The largest absolute Gasteiger partial charge is 0.528 e. The van der Waals surface area contributed by atoms with Crippen LogP contribution in [-0.2, 0) is 32.3 Å². The number of rotatable bonds is 14. The van der Waals surface area contributed by atoms with Crippen LogP contribution in [0.3, 0.4) is 0 Å². The molecule has 256 valence electrons. The summed E-state index contributed by atoms with van der Waals surface area (Å²) in [6.07, 6.45) is 0.485. The third-order valence-corrected chi connectivity index (χ3v) is 8.15. The van der Waals surface area contributed by atoms with E-state index in [0.29, 0.717) is 39.3 Å². The molecule has 0 bridgehead atoms. The van der Waals surface area contributed by atoms with Gasteiger partial charge in [0, 0.05) is 35.2 Å². The van der Waals surface area contributed by atoms with Gasteiger partial charge < -0.3 is 33.3 Å². The van der Waals surface area contributed by atoms with Gasteiger partial charge in [0.25, 0.3) is 0 Å². The van der Waals surface area contributed by atoms with Gasteiger partial charge in [-0.3, -0.25) is 0 Å². The Balaban J connectivity index is 1.24. The molecule has 9 nitrogen and oxygen atoms in total. The fourth-order valence-corrected chi connectivity index (χ4v) is 5.91. The monoisotopic (exact) mass is 657 g/mol. The molecule has 0 N–H and O–H groups in total. The van der Waals surface area contributed by atoms with E-state index in [0.717, 1.165) is 51.1 Å². The first-order chi connectivity index (χ1) is 23.2. The molecule has 5 rings (SSSR count). The number of carbonyl (C=O) groups is 1. The van der Waals surface area contributed by atoms with Gasteiger partial charge in [0.05, 0.1) is 53.3 Å². The van der Waals surface area contributed by atoms with Crippen molar-refractivity contribution in [1.29, 1.82) is 0 Å². The second-order valence-electron chi connectivity index (χ2n) is 12.8. The van der Waals surface area contributed by atoms with Gasteiger partial charge in [0.1, 0.15) is 22.8 Å². The number of nitrogens with zero attached hydrogens (tertiary/aromatic N) is 1. The number of methoxy groups -OCH3 is 2. The lowest BCUT2D eigenvalue weighted by Crippen LogP contribution is -2.45. The van der Waals surface area contributed by atoms with Crippen molar-refractivity contribution in [2.75, 3.05) is 40.5 Å². The summed E-state index contributed by atoms with van der Waals surface area (Å²) in [5.74, 6) is 2.35. The summed E-state index contributed by atoms with van der Waals surface area (Å²) in [7, 11) is 3.33. The number of hydroxylamine groups is 2. The maximum Gasteiger partial charge on any atom is 0.528 e. The maximum atomic E-state index is 12.5. The second kappa shape index (κ2) is 16.7. The van der Waals surface area contributed by atoms with Crippen LogP contribution in [0.5, 0.6) is 17.2 Å². The number of benzene rings is 4. The minimum absolute atomic E-state index is 0.0530. The van der Waals surface area contributed by atoms with Gasteiger partial charge in [-0.25, -0.2) is 4.79 Å². The number of piperidine rings is 1. The molecule has 0 spiro atoms. The van der Waals surface area contributed by atoms with E-state index in [1.165, 1.54) is 0 Å². The van der Waals surface area contributed by atoms with Gasteiger partial charge in [-0.05, 0) is 56.5 Å². The molecule has 1 aliphatic heterocycles. The molecule has 48 heavy (non-hydrogen) atoms. The van der Waals surface area contributed by atoms with Crippen LogP contribution < -0.4 is 14.2 Å². The second-order valence-corrected chi connectivity index (χ2v) is 12.8. The summed E-state index contributed by atoms with van der Waals surface area (Å²) in [4.78, 5) is 18.1. The van der Waals surface area contributed by atoms with Crippen LogP contribution in [0.4, 0.5) is 4.79 Å². The first-order valence-electron chi connectivity index (χ1n) is 16.5. The lowest BCUT2D eigenvalue weighted by molar-refractivity contribution is -0.179. The highest BCUT2D eigenvalue weighted by molar-refractivity contribution is 5.94. The molecule has 1 saturated heterocycles. The van der Waals surface area contributed by atoms with Gasteiger partial charge in [-0.15, -0.1) is 5.06 Å². The highest BCUT2D eigenvalue weighted by Gasteiger charge is 2.34. The minimum atomic E-state index is -0.729. The molecule has 4 aromatic rings. The van der Waals surface area contributed by atoms with Gasteiger partial charge in [0.2, 0.25) is 0 Å². The summed E-state index contributed by atoms with van der Waals surface area (Å²) < 4.78 is 35.4. The van der Waals surface area contributed by atoms with E-state index in [1.807, 2.05) is 81.4 Å². The molecule has 1 aliphatic rings. The highest BCUT2D eigenvalue weighted by atomic mass is 16.8. The number of carbonyl (C=O) groups excluding carboxylic acids is 1. The maximum absolute atomic E-state index is 12.5. The molecular weight excluding hydrogens is 610 g/mol. The zero-order valence-corrected chi connectivity index (χ0v) is 28.6. The zero-order chi connectivity index (χ0) is 33.9. The normalized spacial score (nSPS) is 16.8. The molecule has 1 heterocycles. The third-order valence-electron chi connectivity index (χ3n) is 8.15. The summed E-state index contributed by atoms with van der Waals surface area (Å²) in [6.45, 7) is 8.42. The number of hydrogen-bond donors (Lipinski definition) is 0. The third kappa shape index (κ3) is 9.62. The lowest BCUT2D eigenvalue weighted by atomic mass is 9.87. The van der Waals surface area contributed by atoms with Crippen LogP contribution >= 0.6 is 0 Å². The lowest BCUT2D eigenvalue weighted by Gasteiger charge is -2.37. The fraction of sp³-hybridized carbons (Fsp3) is 0.410. The Morgan fingerprint density at radius 1 is 0.854 bits per heavy atom. The van der Waals surface area contributed by atoms with Crippen molar-refractivity contribution in [3.8, 4) is 17.2 Å². The van der Waals surface area contributed by atoms with Crippen molar-refractivity contribution < 1.29 is 38.1 Å². The predicted molar refractivity (Wildman–Crippen MR) is 185 cm³/mol. The number of fused-ring (bicyclic) bond motifs is 1. The Labute approximate surface area is 283 Å². The molecular formula is C39H47NO8.